The number of allylic oxidation sites excluding steroid dienone is 1. The minimum atomic E-state index is -1.73. The first-order valence-electron chi connectivity index (χ1n) is 13.4. The maximum atomic E-state index is 9.84. The molecular formula is C28H50O3Si. The van der Waals surface area contributed by atoms with Gasteiger partial charge < -0.3 is 14.3 Å². The fraction of sp³-hybridized carbons (Fsp3) is 0.929. The Kier molecular flexibility index (Phi) is 6.62. The molecule has 4 aliphatic rings. The minimum absolute atomic E-state index is 0.243. The predicted octanol–water partition coefficient (Wildman–Crippen LogP) is 6.96. The van der Waals surface area contributed by atoms with Gasteiger partial charge in [-0.1, -0.05) is 46.3 Å². The fourth-order valence-corrected chi connectivity index (χ4v) is 9.31. The van der Waals surface area contributed by atoms with Crippen LogP contribution in [0.25, 0.3) is 0 Å². The highest BCUT2D eigenvalue weighted by Crippen LogP contribution is 2.68. The molecule has 8 atom stereocenters. The van der Waals surface area contributed by atoms with E-state index in [0.29, 0.717) is 41.3 Å². The molecule has 0 aromatic heterocycles. The number of hydrogen-bond acceptors (Lipinski definition) is 3. The molecule has 0 aromatic carbocycles. The molecule has 4 saturated carbocycles. The van der Waals surface area contributed by atoms with E-state index in [1.165, 1.54) is 51.4 Å². The third-order valence-corrected chi connectivity index (χ3v) is 15.4. The molecule has 4 heteroatoms. The molecular weight excluding hydrogens is 412 g/mol. The molecule has 0 amide bonds. The van der Waals surface area contributed by atoms with Crippen LogP contribution in [0.3, 0.4) is 0 Å². The molecule has 4 aliphatic carbocycles. The van der Waals surface area contributed by atoms with Crippen LogP contribution in [0.4, 0.5) is 0 Å². The Labute approximate surface area is 198 Å². The molecule has 0 aliphatic heterocycles. The summed E-state index contributed by atoms with van der Waals surface area (Å²) >= 11 is 0. The summed E-state index contributed by atoms with van der Waals surface area (Å²) in [6, 6.07) is 0. The molecule has 0 unspecified atom stereocenters. The fourth-order valence-electron chi connectivity index (χ4n) is 7.94. The number of rotatable bonds is 7. The molecule has 184 valence electrons. The molecule has 0 radical (unpaired) electrons. The minimum Gasteiger partial charge on any atom is -0.414 e. The third kappa shape index (κ3) is 4.10. The van der Waals surface area contributed by atoms with Gasteiger partial charge in [-0.05, 0) is 98.6 Å². The Morgan fingerprint density at radius 3 is 2.56 bits per heavy atom. The summed E-state index contributed by atoms with van der Waals surface area (Å²) in [5.74, 6) is 2.53. The summed E-state index contributed by atoms with van der Waals surface area (Å²) in [6.45, 7) is 16.9. The maximum Gasteiger partial charge on any atom is 0.192 e. The van der Waals surface area contributed by atoms with Crippen molar-refractivity contribution in [3.8, 4) is 0 Å². The summed E-state index contributed by atoms with van der Waals surface area (Å²) in [5, 5.41) is 10.1. The largest absolute Gasteiger partial charge is 0.414 e. The van der Waals surface area contributed by atoms with Gasteiger partial charge in [-0.2, -0.15) is 0 Å². The van der Waals surface area contributed by atoms with Gasteiger partial charge in [-0.25, -0.2) is 0 Å². The molecule has 0 saturated heterocycles. The van der Waals surface area contributed by atoms with E-state index >= 15 is 0 Å². The summed E-state index contributed by atoms with van der Waals surface area (Å²) in [7, 11) is 0.206. The lowest BCUT2D eigenvalue weighted by Crippen LogP contribution is -2.44. The van der Waals surface area contributed by atoms with Crippen molar-refractivity contribution >= 4 is 8.32 Å². The highest BCUT2D eigenvalue weighted by Gasteiger charge is 2.65. The zero-order valence-corrected chi connectivity index (χ0v) is 23.2. The number of hydrogen-bond donors (Lipinski definition) is 1. The van der Waals surface area contributed by atoms with E-state index < -0.39 is 8.32 Å². The van der Waals surface area contributed by atoms with Crippen molar-refractivity contribution in [2.75, 3.05) is 13.7 Å². The van der Waals surface area contributed by atoms with Gasteiger partial charge in [0.2, 0.25) is 0 Å². The summed E-state index contributed by atoms with van der Waals surface area (Å²) < 4.78 is 13.1. The maximum absolute atomic E-state index is 9.84. The average molecular weight is 463 g/mol. The van der Waals surface area contributed by atoms with E-state index in [4.69, 9.17) is 9.16 Å². The first-order valence-corrected chi connectivity index (χ1v) is 16.3. The zero-order chi connectivity index (χ0) is 23.5. The number of ether oxygens (including phenoxy) is 1. The van der Waals surface area contributed by atoms with Crippen LogP contribution >= 0.6 is 0 Å². The van der Waals surface area contributed by atoms with E-state index in [-0.39, 0.29) is 11.1 Å². The van der Waals surface area contributed by atoms with Gasteiger partial charge in [-0.3, -0.25) is 0 Å². The molecule has 0 aromatic rings. The second-order valence-electron chi connectivity index (χ2n) is 13.7. The highest BCUT2D eigenvalue weighted by molar-refractivity contribution is 6.74. The normalized spacial score (nSPS) is 42.6. The van der Waals surface area contributed by atoms with E-state index in [1.807, 2.05) is 7.11 Å². The molecule has 1 N–H and O–H groups in total. The second kappa shape index (κ2) is 8.50. The van der Waals surface area contributed by atoms with Crippen LogP contribution in [-0.2, 0) is 9.16 Å². The van der Waals surface area contributed by atoms with Crippen molar-refractivity contribution in [2.45, 2.75) is 116 Å². The first-order chi connectivity index (χ1) is 14.9. The van der Waals surface area contributed by atoms with Crippen LogP contribution in [-0.4, -0.2) is 39.3 Å². The van der Waals surface area contributed by atoms with Crippen molar-refractivity contribution in [1.29, 1.82) is 0 Å². The lowest BCUT2D eigenvalue weighted by molar-refractivity contribution is 0.0530. The lowest BCUT2D eigenvalue weighted by atomic mass is 9.61. The number of aliphatic hydroxyl groups is 1. The molecule has 3 nitrogen and oxygen atoms in total. The molecule has 4 rings (SSSR count). The summed E-state index contributed by atoms with van der Waals surface area (Å²) in [6.07, 6.45) is 13.4. The average Bonchev–Trinajstić information content (AvgIpc) is 3.08. The molecule has 0 spiro atoms. The summed E-state index contributed by atoms with van der Waals surface area (Å²) in [5.41, 5.74) is 2.35. The SMILES string of the molecule is CO[C@H](/C=C1\CCC[C@]2(C)[C@@H]([C@H](C)CO)CC[C@@H]12)[C@@]12C[C@@H](O[Si](C)(C)C(C)(C)C)C[C@@H]1C2. The van der Waals surface area contributed by atoms with Gasteiger partial charge in [0.15, 0.2) is 8.32 Å². The van der Waals surface area contributed by atoms with E-state index in [0.717, 1.165) is 5.92 Å². The molecule has 4 fully saturated rings. The van der Waals surface area contributed by atoms with E-state index in [9.17, 15) is 5.11 Å². The smallest absolute Gasteiger partial charge is 0.192 e. The molecule has 32 heavy (non-hydrogen) atoms. The number of methoxy groups -OCH3 is 1. The van der Waals surface area contributed by atoms with Gasteiger partial charge in [0.25, 0.3) is 0 Å². The van der Waals surface area contributed by atoms with Crippen molar-refractivity contribution < 1.29 is 14.3 Å². The number of aliphatic hydroxyl groups excluding tert-OH is 1. The Morgan fingerprint density at radius 1 is 1.22 bits per heavy atom. The van der Waals surface area contributed by atoms with E-state index in [1.54, 1.807) is 5.57 Å². The van der Waals surface area contributed by atoms with Gasteiger partial charge in [0.05, 0.1) is 6.10 Å². The van der Waals surface area contributed by atoms with E-state index in [2.05, 4.69) is 53.8 Å². The molecule has 0 bridgehead atoms. The van der Waals surface area contributed by atoms with Gasteiger partial charge in [0, 0.05) is 25.2 Å². The predicted molar refractivity (Wildman–Crippen MR) is 135 cm³/mol. The second-order valence-corrected chi connectivity index (χ2v) is 18.5. The van der Waals surface area contributed by atoms with Gasteiger partial charge in [-0.15, -0.1) is 0 Å². The Balaban J connectivity index is 1.49. The van der Waals surface area contributed by atoms with Crippen molar-refractivity contribution in [2.24, 2.45) is 34.5 Å². The van der Waals surface area contributed by atoms with Crippen LogP contribution < -0.4 is 0 Å². The third-order valence-electron chi connectivity index (χ3n) is 10.9. The van der Waals surface area contributed by atoms with Crippen LogP contribution in [0.2, 0.25) is 18.1 Å². The summed E-state index contributed by atoms with van der Waals surface area (Å²) in [4.78, 5) is 0. The Bertz CT molecular complexity index is 725. The Hall–Kier alpha value is -0.163. The van der Waals surface area contributed by atoms with Crippen molar-refractivity contribution in [1.82, 2.24) is 0 Å². The van der Waals surface area contributed by atoms with Crippen LogP contribution in [0, 0.1) is 34.5 Å². The lowest BCUT2D eigenvalue weighted by Gasteiger charge is -2.44. The standard InChI is InChI=1S/C28H50O3Si/c1-19(18-29)23-11-12-24-20(10-9-13-27(23,24)5)14-25(30-6)28-16-21(28)15-22(17-28)31-32(7,8)26(2,3)4/h14,19,21-25,29H,9-13,15-18H2,1-8H3/b20-14+/t19-,21-,22+,23-,24+,25-,27-,28+/m1/s1. The first kappa shape index (κ1) is 24.9. The topological polar surface area (TPSA) is 38.7 Å². The van der Waals surface area contributed by atoms with Crippen LogP contribution in [0.1, 0.15) is 86.0 Å². The van der Waals surface area contributed by atoms with Gasteiger partial charge >= 0.3 is 0 Å². The Morgan fingerprint density at radius 2 is 1.94 bits per heavy atom. The zero-order valence-electron chi connectivity index (χ0n) is 22.2. The molecule has 0 heterocycles. The highest BCUT2D eigenvalue weighted by atomic mass is 28.4. The van der Waals surface area contributed by atoms with Crippen molar-refractivity contribution in [3.63, 3.8) is 0 Å². The monoisotopic (exact) mass is 462 g/mol. The van der Waals surface area contributed by atoms with Crippen LogP contribution in [0.15, 0.2) is 11.6 Å². The van der Waals surface area contributed by atoms with Gasteiger partial charge in [0.1, 0.15) is 0 Å². The quantitative estimate of drug-likeness (QED) is 0.328. The van der Waals surface area contributed by atoms with Crippen molar-refractivity contribution in [3.05, 3.63) is 11.6 Å². The van der Waals surface area contributed by atoms with Crippen LogP contribution in [0.5, 0.6) is 0 Å². The number of fused-ring (bicyclic) bond motifs is 2.